The lowest BCUT2D eigenvalue weighted by atomic mass is 10.2. The third-order valence-corrected chi connectivity index (χ3v) is 4.57. The zero-order valence-corrected chi connectivity index (χ0v) is 13.3. The molecule has 0 aliphatic rings. The Kier molecular flexibility index (Phi) is 5.63. The van der Waals surface area contributed by atoms with E-state index in [9.17, 15) is 23.6 Å². The highest BCUT2D eigenvalue weighted by Gasteiger charge is 2.27. The molecule has 112 valence electrons. The summed E-state index contributed by atoms with van der Waals surface area (Å²) < 4.78 is 27.1. The molecule has 20 heavy (non-hydrogen) atoms. The van der Waals surface area contributed by atoms with Crippen molar-refractivity contribution >= 4 is 31.6 Å². The fraction of sp³-hybridized carbons (Fsp3) is 0.455. The summed E-state index contributed by atoms with van der Waals surface area (Å²) >= 11 is 3.09. The van der Waals surface area contributed by atoms with Crippen LogP contribution in [0.2, 0.25) is 0 Å². The minimum atomic E-state index is -4.04. The maximum Gasteiger partial charge on any atom is 0.289 e. The van der Waals surface area contributed by atoms with Gasteiger partial charge in [-0.2, -0.15) is 0 Å². The minimum absolute atomic E-state index is 0.209. The highest BCUT2D eigenvalue weighted by Crippen LogP contribution is 2.27. The topological polar surface area (TPSA) is 110 Å². The Morgan fingerprint density at radius 3 is 2.55 bits per heavy atom. The summed E-state index contributed by atoms with van der Waals surface area (Å²) in [6.45, 7) is 3.11. The molecular formula is C11H15BrN2O5S. The number of nitro benzene ring substituents is 1. The molecule has 7 nitrogen and oxygen atoms in total. The predicted molar refractivity (Wildman–Crippen MR) is 76.9 cm³/mol. The number of hydrogen-bond acceptors (Lipinski definition) is 5. The number of nitrogens with one attached hydrogen (secondary N) is 1. The number of nitrogens with zero attached hydrogens (tertiary/aromatic N) is 1. The van der Waals surface area contributed by atoms with E-state index in [0.717, 1.165) is 6.07 Å². The molecule has 0 saturated carbocycles. The van der Waals surface area contributed by atoms with Crippen LogP contribution in [0.3, 0.4) is 0 Å². The van der Waals surface area contributed by atoms with E-state index < -0.39 is 37.7 Å². The van der Waals surface area contributed by atoms with Gasteiger partial charge in [-0.3, -0.25) is 10.1 Å². The van der Waals surface area contributed by atoms with Gasteiger partial charge < -0.3 is 5.11 Å². The average Bonchev–Trinajstić information content (AvgIpc) is 2.26. The van der Waals surface area contributed by atoms with Gasteiger partial charge in [0.2, 0.25) is 10.0 Å². The third kappa shape index (κ3) is 4.51. The number of aliphatic hydroxyl groups is 1. The van der Waals surface area contributed by atoms with E-state index in [1.54, 1.807) is 6.92 Å². The molecule has 1 aromatic carbocycles. The molecule has 0 aliphatic carbocycles. The van der Waals surface area contributed by atoms with Crippen LogP contribution < -0.4 is 4.72 Å². The molecule has 2 unspecified atom stereocenters. The largest absolute Gasteiger partial charge is 0.393 e. The van der Waals surface area contributed by atoms with E-state index in [-0.39, 0.29) is 6.42 Å². The molecular weight excluding hydrogens is 352 g/mol. The first kappa shape index (κ1) is 17.0. The number of nitro groups is 1. The number of hydrogen-bond donors (Lipinski definition) is 2. The Labute approximate surface area is 125 Å². The van der Waals surface area contributed by atoms with Crippen LogP contribution in [0.5, 0.6) is 0 Å². The lowest BCUT2D eigenvalue weighted by Gasteiger charge is -2.15. The zero-order chi connectivity index (χ0) is 15.5. The predicted octanol–water partition coefficient (Wildman–Crippen LogP) is 1.79. The fourth-order valence-corrected chi connectivity index (χ4v) is 3.71. The summed E-state index contributed by atoms with van der Waals surface area (Å²) in [5.74, 6) is 0. The standard InChI is InChI=1S/C11H15BrN2O5S/c1-7(5-8(2)15)13-20(18,19)11-6-9(12)3-4-10(11)14(16)17/h3-4,6-8,13,15H,5H2,1-2H3. The van der Waals surface area contributed by atoms with Gasteiger partial charge in [-0.15, -0.1) is 0 Å². The maximum atomic E-state index is 12.2. The van der Waals surface area contributed by atoms with Crippen LogP contribution in [0.25, 0.3) is 0 Å². The van der Waals surface area contributed by atoms with Crippen LogP contribution in [-0.4, -0.2) is 30.6 Å². The highest BCUT2D eigenvalue weighted by molar-refractivity contribution is 9.10. The lowest BCUT2D eigenvalue weighted by Crippen LogP contribution is -2.35. The summed E-state index contributed by atoms with van der Waals surface area (Å²) in [6, 6.07) is 3.16. The van der Waals surface area contributed by atoms with E-state index in [1.165, 1.54) is 19.1 Å². The number of rotatable bonds is 6. The number of halogens is 1. The van der Waals surface area contributed by atoms with E-state index in [4.69, 9.17) is 0 Å². The molecule has 2 N–H and O–H groups in total. The molecule has 0 amide bonds. The van der Waals surface area contributed by atoms with Crippen LogP contribution in [0.4, 0.5) is 5.69 Å². The van der Waals surface area contributed by atoms with Crippen LogP contribution in [0, 0.1) is 10.1 Å². The Hall–Kier alpha value is -1.03. The molecule has 0 saturated heterocycles. The van der Waals surface area contributed by atoms with Gasteiger partial charge in [0.1, 0.15) is 0 Å². The molecule has 0 radical (unpaired) electrons. The van der Waals surface area contributed by atoms with Crippen molar-refractivity contribution < 1.29 is 18.4 Å². The van der Waals surface area contributed by atoms with Gasteiger partial charge in [0, 0.05) is 16.6 Å². The fourth-order valence-electron chi connectivity index (χ4n) is 1.74. The van der Waals surface area contributed by atoms with Crippen molar-refractivity contribution in [3.8, 4) is 0 Å². The van der Waals surface area contributed by atoms with Crippen molar-refractivity contribution in [3.05, 3.63) is 32.8 Å². The first-order valence-corrected chi connectivity index (χ1v) is 8.05. The summed E-state index contributed by atoms with van der Waals surface area (Å²) in [5, 5.41) is 20.1. The Morgan fingerprint density at radius 2 is 2.05 bits per heavy atom. The van der Waals surface area contributed by atoms with Gasteiger partial charge in [0.25, 0.3) is 5.69 Å². The van der Waals surface area contributed by atoms with Gasteiger partial charge >= 0.3 is 0 Å². The zero-order valence-electron chi connectivity index (χ0n) is 10.9. The van der Waals surface area contributed by atoms with Crippen molar-refractivity contribution in [1.29, 1.82) is 0 Å². The minimum Gasteiger partial charge on any atom is -0.393 e. The summed E-state index contributed by atoms with van der Waals surface area (Å²) in [7, 11) is -4.04. The molecule has 9 heteroatoms. The van der Waals surface area contributed by atoms with E-state index in [2.05, 4.69) is 20.7 Å². The monoisotopic (exact) mass is 366 g/mol. The van der Waals surface area contributed by atoms with Crippen molar-refractivity contribution in [2.24, 2.45) is 0 Å². The quantitative estimate of drug-likeness (QED) is 0.589. The normalized spacial score (nSPS) is 14.8. The van der Waals surface area contributed by atoms with Crippen LogP contribution in [-0.2, 0) is 10.0 Å². The smallest absolute Gasteiger partial charge is 0.289 e. The van der Waals surface area contributed by atoms with Crippen molar-refractivity contribution in [2.45, 2.75) is 37.3 Å². The highest BCUT2D eigenvalue weighted by atomic mass is 79.9. The van der Waals surface area contributed by atoms with Crippen molar-refractivity contribution in [2.75, 3.05) is 0 Å². The second kappa shape index (κ2) is 6.61. The number of aliphatic hydroxyl groups excluding tert-OH is 1. The molecule has 0 aliphatic heterocycles. The van der Waals surface area contributed by atoms with Gasteiger partial charge in [0.15, 0.2) is 4.90 Å². The second-order valence-corrected chi connectivity index (χ2v) is 7.07. The molecule has 0 spiro atoms. The van der Waals surface area contributed by atoms with E-state index >= 15 is 0 Å². The van der Waals surface area contributed by atoms with Gasteiger partial charge in [0.05, 0.1) is 11.0 Å². The van der Waals surface area contributed by atoms with Crippen LogP contribution >= 0.6 is 15.9 Å². The lowest BCUT2D eigenvalue weighted by molar-refractivity contribution is -0.387. The Bertz CT molecular complexity index is 603. The SMILES string of the molecule is CC(O)CC(C)NS(=O)(=O)c1cc(Br)ccc1[N+](=O)[O-]. The van der Waals surface area contributed by atoms with Crippen LogP contribution in [0.15, 0.2) is 27.6 Å². The molecule has 0 fully saturated rings. The Morgan fingerprint density at radius 1 is 1.45 bits per heavy atom. The van der Waals surface area contributed by atoms with Gasteiger partial charge in [-0.25, -0.2) is 13.1 Å². The number of sulfonamides is 1. The first-order valence-electron chi connectivity index (χ1n) is 5.78. The van der Waals surface area contributed by atoms with Gasteiger partial charge in [-0.1, -0.05) is 15.9 Å². The average molecular weight is 367 g/mol. The maximum absolute atomic E-state index is 12.2. The summed E-state index contributed by atoms with van der Waals surface area (Å²) in [5.41, 5.74) is -0.495. The second-order valence-electron chi connectivity index (χ2n) is 4.48. The van der Waals surface area contributed by atoms with E-state index in [1.807, 2.05) is 0 Å². The molecule has 1 rings (SSSR count). The molecule has 0 heterocycles. The van der Waals surface area contributed by atoms with Crippen molar-refractivity contribution in [3.63, 3.8) is 0 Å². The molecule has 0 bridgehead atoms. The molecule has 1 aromatic rings. The van der Waals surface area contributed by atoms with Crippen LogP contribution in [0.1, 0.15) is 20.3 Å². The summed E-state index contributed by atoms with van der Waals surface area (Å²) in [6.07, 6.45) is -0.466. The Balaban J connectivity index is 3.15. The molecule has 0 aromatic heterocycles. The molecule has 2 atom stereocenters. The van der Waals surface area contributed by atoms with Crippen molar-refractivity contribution in [1.82, 2.24) is 4.72 Å². The number of benzene rings is 1. The summed E-state index contributed by atoms with van der Waals surface area (Å²) in [4.78, 5) is 9.74. The first-order chi connectivity index (χ1) is 9.13. The van der Waals surface area contributed by atoms with Gasteiger partial charge in [-0.05, 0) is 32.4 Å². The van der Waals surface area contributed by atoms with E-state index in [0.29, 0.717) is 4.47 Å². The third-order valence-electron chi connectivity index (χ3n) is 2.46.